The van der Waals surface area contributed by atoms with E-state index in [0.717, 1.165) is 76.3 Å². The molecule has 1 aromatic carbocycles. The molecule has 206 valence electrons. The Hall–Kier alpha value is -4.27. The van der Waals surface area contributed by atoms with Crippen molar-refractivity contribution < 1.29 is 9.32 Å². The summed E-state index contributed by atoms with van der Waals surface area (Å²) in [6.07, 6.45) is 5.77. The number of carbonyl (C=O) groups excluding carboxylic acids is 1. The second-order valence-electron chi connectivity index (χ2n) is 11.8. The minimum Gasteiger partial charge on any atom is -0.360 e. The Bertz CT molecular complexity index is 1730. The lowest BCUT2D eigenvalue weighted by Crippen LogP contribution is -2.29. The van der Waals surface area contributed by atoms with Crippen LogP contribution >= 0.6 is 0 Å². The number of pyridine rings is 1. The fourth-order valence-corrected chi connectivity index (χ4v) is 5.65. The van der Waals surface area contributed by atoms with Crippen LogP contribution < -0.4 is 5.32 Å². The molecule has 0 fully saturated rings. The molecule has 40 heavy (non-hydrogen) atoms. The van der Waals surface area contributed by atoms with Crippen molar-refractivity contribution in [2.24, 2.45) is 7.05 Å². The number of carbonyl (C=O) groups is 1. The summed E-state index contributed by atoms with van der Waals surface area (Å²) in [4.78, 5) is 26.1. The van der Waals surface area contributed by atoms with Gasteiger partial charge in [-0.1, -0.05) is 50.5 Å². The fourth-order valence-electron chi connectivity index (χ4n) is 5.65. The molecule has 1 aliphatic carbocycles. The summed E-state index contributed by atoms with van der Waals surface area (Å²) in [6.45, 7) is 10.2. The van der Waals surface area contributed by atoms with Crippen molar-refractivity contribution >= 4 is 17.1 Å². The van der Waals surface area contributed by atoms with Crippen LogP contribution in [0.3, 0.4) is 0 Å². The third-order valence-corrected chi connectivity index (χ3v) is 7.94. The molecule has 0 aliphatic heterocycles. The Morgan fingerprint density at radius 3 is 2.70 bits per heavy atom. The average molecular weight is 538 g/mol. The second kappa shape index (κ2) is 9.73. The van der Waals surface area contributed by atoms with Gasteiger partial charge >= 0.3 is 0 Å². The van der Waals surface area contributed by atoms with Crippen LogP contribution in [0.25, 0.3) is 33.7 Å². The molecular formula is C31H35N7O2. The molecule has 1 aliphatic rings. The van der Waals surface area contributed by atoms with E-state index in [0.29, 0.717) is 11.5 Å². The number of hydrogen-bond donors (Lipinski definition) is 2. The van der Waals surface area contributed by atoms with E-state index in [-0.39, 0.29) is 17.4 Å². The monoisotopic (exact) mass is 537 g/mol. The summed E-state index contributed by atoms with van der Waals surface area (Å²) in [5.74, 6) is 1.27. The van der Waals surface area contributed by atoms with Gasteiger partial charge in [-0.3, -0.25) is 9.48 Å². The number of amides is 1. The Kier molecular flexibility index (Phi) is 6.32. The standard InChI is InChI=1S/C31H35N7O2/c1-17-26(18(2)38(6)36-17)28-34-27-22(13-14-32-29(27)35-28)20-11-12-21-19(15-20)9-7-8-10-23(21)33-30(39)24-16-25(40-37-24)31(3,4)5/h11-16,23H,7-10H2,1-6H3,(H,33,39)(H,32,34,35). The van der Waals surface area contributed by atoms with E-state index >= 15 is 0 Å². The van der Waals surface area contributed by atoms with E-state index in [1.54, 1.807) is 6.07 Å². The van der Waals surface area contributed by atoms with Gasteiger partial charge < -0.3 is 14.8 Å². The van der Waals surface area contributed by atoms with Crippen LogP contribution in [0.1, 0.15) is 84.8 Å². The highest BCUT2D eigenvalue weighted by Gasteiger charge is 2.26. The number of nitrogens with zero attached hydrogens (tertiary/aromatic N) is 5. The predicted molar refractivity (Wildman–Crippen MR) is 154 cm³/mol. The number of aromatic nitrogens is 6. The molecule has 1 unspecified atom stereocenters. The van der Waals surface area contributed by atoms with Crippen molar-refractivity contribution in [1.82, 2.24) is 35.2 Å². The van der Waals surface area contributed by atoms with Gasteiger partial charge in [0.15, 0.2) is 11.3 Å². The molecule has 0 radical (unpaired) electrons. The van der Waals surface area contributed by atoms with Gasteiger partial charge in [-0.25, -0.2) is 9.97 Å². The summed E-state index contributed by atoms with van der Waals surface area (Å²) in [5.41, 5.74) is 9.19. The maximum atomic E-state index is 13.1. The molecule has 9 heteroatoms. The summed E-state index contributed by atoms with van der Waals surface area (Å²) < 4.78 is 7.32. The number of fused-ring (bicyclic) bond motifs is 2. The highest BCUT2D eigenvalue weighted by molar-refractivity contribution is 5.93. The van der Waals surface area contributed by atoms with Crippen LogP contribution in [-0.2, 0) is 18.9 Å². The van der Waals surface area contributed by atoms with Gasteiger partial charge in [-0.05, 0) is 55.9 Å². The molecule has 0 saturated carbocycles. The van der Waals surface area contributed by atoms with Crippen molar-refractivity contribution in [3.05, 3.63) is 70.5 Å². The normalized spacial score (nSPS) is 15.7. The zero-order valence-electron chi connectivity index (χ0n) is 23.9. The van der Waals surface area contributed by atoms with E-state index in [1.807, 2.05) is 58.6 Å². The van der Waals surface area contributed by atoms with Gasteiger partial charge in [0.2, 0.25) is 0 Å². The quantitative estimate of drug-likeness (QED) is 0.267. The topological polar surface area (TPSA) is 115 Å². The zero-order chi connectivity index (χ0) is 28.2. The molecular weight excluding hydrogens is 502 g/mol. The van der Waals surface area contributed by atoms with Crippen molar-refractivity contribution in [1.29, 1.82) is 0 Å². The van der Waals surface area contributed by atoms with Crippen LogP contribution in [0, 0.1) is 13.8 Å². The number of hydrogen-bond acceptors (Lipinski definition) is 6. The number of rotatable bonds is 4. The average Bonchev–Trinajstić information content (AvgIpc) is 3.59. The molecule has 6 rings (SSSR count). The maximum Gasteiger partial charge on any atom is 0.273 e. The molecule has 0 spiro atoms. The number of aromatic amines is 1. The lowest BCUT2D eigenvalue weighted by Gasteiger charge is -2.19. The molecule has 1 atom stereocenters. The van der Waals surface area contributed by atoms with Crippen LogP contribution in [0.2, 0.25) is 0 Å². The van der Waals surface area contributed by atoms with Gasteiger partial charge in [0.25, 0.3) is 5.91 Å². The number of H-pyrrole nitrogens is 1. The Morgan fingerprint density at radius 2 is 1.98 bits per heavy atom. The Labute approximate surface area is 233 Å². The number of imidazole rings is 1. The maximum absolute atomic E-state index is 13.1. The SMILES string of the molecule is Cc1nn(C)c(C)c1-c1nc2c(-c3ccc4c(c3)CCCCC4NC(=O)c3cc(C(C)(C)C)on3)ccnc2[nH]1. The number of nitrogens with one attached hydrogen (secondary N) is 2. The van der Waals surface area contributed by atoms with Gasteiger partial charge in [-0.15, -0.1) is 0 Å². The first-order chi connectivity index (χ1) is 19.1. The van der Waals surface area contributed by atoms with E-state index in [4.69, 9.17) is 9.51 Å². The van der Waals surface area contributed by atoms with Crippen molar-refractivity contribution in [2.45, 2.75) is 71.8 Å². The lowest BCUT2D eigenvalue weighted by molar-refractivity contribution is 0.0925. The highest BCUT2D eigenvalue weighted by Crippen LogP contribution is 2.35. The largest absolute Gasteiger partial charge is 0.360 e. The minimum absolute atomic E-state index is 0.0835. The third kappa shape index (κ3) is 4.59. The highest BCUT2D eigenvalue weighted by atomic mass is 16.5. The van der Waals surface area contributed by atoms with E-state index in [2.05, 4.69) is 43.7 Å². The second-order valence-corrected chi connectivity index (χ2v) is 11.8. The van der Waals surface area contributed by atoms with Crippen LogP contribution in [0.15, 0.2) is 41.1 Å². The fraction of sp³-hybridized carbons (Fsp3) is 0.387. The van der Waals surface area contributed by atoms with Gasteiger partial charge in [0.1, 0.15) is 17.1 Å². The molecule has 4 aromatic heterocycles. The summed E-state index contributed by atoms with van der Waals surface area (Å²) in [5, 5.41) is 11.8. The van der Waals surface area contributed by atoms with Gasteiger partial charge in [0.05, 0.1) is 17.3 Å². The Balaban J connectivity index is 1.32. The minimum atomic E-state index is -0.208. The molecule has 2 N–H and O–H groups in total. The van der Waals surface area contributed by atoms with Crippen molar-refractivity contribution in [2.75, 3.05) is 0 Å². The van der Waals surface area contributed by atoms with Crippen LogP contribution in [0.4, 0.5) is 0 Å². The Morgan fingerprint density at radius 1 is 1.15 bits per heavy atom. The third-order valence-electron chi connectivity index (χ3n) is 7.94. The first-order valence-corrected chi connectivity index (χ1v) is 13.9. The van der Waals surface area contributed by atoms with Gasteiger partial charge in [0, 0.05) is 36.0 Å². The summed E-state index contributed by atoms with van der Waals surface area (Å²) >= 11 is 0. The molecule has 0 saturated heterocycles. The molecule has 4 heterocycles. The first-order valence-electron chi connectivity index (χ1n) is 13.9. The molecule has 5 aromatic rings. The van der Waals surface area contributed by atoms with E-state index in [9.17, 15) is 4.79 Å². The smallest absolute Gasteiger partial charge is 0.273 e. The van der Waals surface area contributed by atoms with Crippen molar-refractivity contribution in [3.8, 4) is 22.5 Å². The number of aryl methyl sites for hydroxylation is 3. The zero-order valence-corrected chi connectivity index (χ0v) is 23.9. The summed E-state index contributed by atoms with van der Waals surface area (Å²) in [6, 6.07) is 10.2. The number of benzene rings is 1. The molecule has 9 nitrogen and oxygen atoms in total. The van der Waals surface area contributed by atoms with Crippen LogP contribution in [-0.4, -0.2) is 35.8 Å². The first kappa shape index (κ1) is 26.0. The molecule has 1 amide bonds. The lowest BCUT2D eigenvalue weighted by atomic mass is 9.93. The molecule has 0 bridgehead atoms. The van der Waals surface area contributed by atoms with Crippen LogP contribution in [0.5, 0.6) is 0 Å². The van der Waals surface area contributed by atoms with Crippen molar-refractivity contribution in [3.63, 3.8) is 0 Å². The predicted octanol–water partition coefficient (Wildman–Crippen LogP) is 6.13. The summed E-state index contributed by atoms with van der Waals surface area (Å²) in [7, 11) is 1.94. The van der Waals surface area contributed by atoms with E-state index in [1.165, 1.54) is 5.56 Å². The van der Waals surface area contributed by atoms with Gasteiger partial charge in [-0.2, -0.15) is 5.10 Å². The van der Waals surface area contributed by atoms with E-state index < -0.39 is 0 Å².